The maximum absolute atomic E-state index is 13.4. The first-order chi connectivity index (χ1) is 15.8. The predicted octanol–water partition coefficient (Wildman–Crippen LogP) is 6.56. The fourth-order valence-electron chi connectivity index (χ4n) is 4.58. The normalized spacial score (nSPS) is 20.4. The molecule has 4 rings (SSSR count). The van der Waals surface area contributed by atoms with Gasteiger partial charge in [-0.15, -0.1) is 0 Å². The molecule has 0 saturated carbocycles. The van der Waals surface area contributed by atoms with Crippen molar-refractivity contribution in [1.29, 1.82) is 0 Å². The SMILES string of the molecule is CCOc1cc(C2CC(=O)NC3=C2C(=O)CC(c2ccc(Cl)c(Cl)c2)C3)cc(Br)c1OCC. The van der Waals surface area contributed by atoms with Crippen LogP contribution in [0.15, 0.2) is 46.1 Å². The van der Waals surface area contributed by atoms with Crippen molar-refractivity contribution < 1.29 is 19.1 Å². The summed E-state index contributed by atoms with van der Waals surface area (Å²) in [7, 11) is 0. The monoisotopic (exact) mass is 551 g/mol. The molecule has 2 aromatic carbocycles. The lowest BCUT2D eigenvalue weighted by atomic mass is 9.73. The molecule has 174 valence electrons. The van der Waals surface area contributed by atoms with E-state index in [2.05, 4.69) is 21.2 Å². The summed E-state index contributed by atoms with van der Waals surface area (Å²) in [5, 5.41) is 3.88. The van der Waals surface area contributed by atoms with Crippen LogP contribution in [-0.2, 0) is 9.59 Å². The second-order valence-corrected chi connectivity index (χ2v) is 9.76. The minimum atomic E-state index is -0.345. The number of amides is 1. The molecule has 2 aromatic rings. The first-order valence-electron chi connectivity index (χ1n) is 10.9. The summed E-state index contributed by atoms with van der Waals surface area (Å²) in [5.74, 6) is 0.712. The second kappa shape index (κ2) is 10.1. The molecule has 5 nitrogen and oxygen atoms in total. The van der Waals surface area contributed by atoms with Crippen molar-refractivity contribution in [1.82, 2.24) is 5.32 Å². The molecule has 0 fully saturated rings. The molecule has 0 radical (unpaired) electrons. The summed E-state index contributed by atoms with van der Waals surface area (Å²) in [6.45, 7) is 4.77. The highest BCUT2D eigenvalue weighted by atomic mass is 79.9. The van der Waals surface area contributed by atoms with Crippen molar-refractivity contribution >= 4 is 50.8 Å². The lowest BCUT2D eigenvalue weighted by molar-refractivity contribution is -0.122. The summed E-state index contributed by atoms with van der Waals surface area (Å²) in [6, 6.07) is 9.22. The lowest BCUT2D eigenvalue weighted by Crippen LogP contribution is -2.38. The number of halogens is 3. The summed E-state index contributed by atoms with van der Waals surface area (Å²) in [4.78, 5) is 26.0. The average molecular weight is 553 g/mol. The molecule has 1 N–H and O–H groups in total. The van der Waals surface area contributed by atoms with Gasteiger partial charge in [-0.3, -0.25) is 9.59 Å². The number of benzene rings is 2. The number of carbonyl (C=O) groups is 2. The molecule has 2 unspecified atom stereocenters. The van der Waals surface area contributed by atoms with Crippen molar-refractivity contribution in [2.75, 3.05) is 13.2 Å². The van der Waals surface area contributed by atoms with E-state index in [0.717, 1.165) is 15.6 Å². The van der Waals surface area contributed by atoms with E-state index < -0.39 is 0 Å². The number of rotatable bonds is 6. The Morgan fingerprint density at radius 2 is 1.73 bits per heavy atom. The summed E-state index contributed by atoms with van der Waals surface area (Å²) in [5.41, 5.74) is 3.14. The van der Waals surface area contributed by atoms with Crippen LogP contribution >= 0.6 is 39.1 Å². The van der Waals surface area contributed by atoms with Gasteiger partial charge in [-0.05, 0) is 77.5 Å². The fraction of sp³-hybridized carbons (Fsp3) is 0.360. The van der Waals surface area contributed by atoms with Crippen LogP contribution in [0.4, 0.5) is 0 Å². The van der Waals surface area contributed by atoms with Gasteiger partial charge >= 0.3 is 0 Å². The number of ether oxygens (including phenoxy) is 2. The Balaban J connectivity index is 1.73. The van der Waals surface area contributed by atoms with E-state index in [-0.39, 0.29) is 29.9 Å². The van der Waals surface area contributed by atoms with Gasteiger partial charge < -0.3 is 14.8 Å². The first-order valence-corrected chi connectivity index (χ1v) is 12.5. The van der Waals surface area contributed by atoms with Crippen molar-refractivity contribution in [2.45, 2.75) is 44.9 Å². The molecule has 1 amide bonds. The summed E-state index contributed by atoms with van der Waals surface area (Å²) >= 11 is 15.8. The van der Waals surface area contributed by atoms with Crippen LogP contribution in [0.25, 0.3) is 0 Å². The molecule has 1 aliphatic carbocycles. The molecular weight excluding hydrogens is 529 g/mol. The Morgan fingerprint density at radius 3 is 2.42 bits per heavy atom. The van der Waals surface area contributed by atoms with Crippen LogP contribution < -0.4 is 14.8 Å². The van der Waals surface area contributed by atoms with Crippen molar-refractivity contribution in [3.63, 3.8) is 0 Å². The maximum Gasteiger partial charge on any atom is 0.225 e. The number of ketones is 1. The number of Topliss-reactive ketones (excluding diaryl/α,β-unsaturated/α-hetero) is 1. The van der Waals surface area contributed by atoms with E-state index in [0.29, 0.717) is 58.9 Å². The highest BCUT2D eigenvalue weighted by molar-refractivity contribution is 9.10. The third-order valence-electron chi connectivity index (χ3n) is 5.97. The Bertz CT molecular complexity index is 1150. The number of hydrogen-bond acceptors (Lipinski definition) is 4. The van der Waals surface area contributed by atoms with E-state index >= 15 is 0 Å². The quantitative estimate of drug-likeness (QED) is 0.441. The van der Waals surface area contributed by atoms with E-state index in [1.54, 1.807) is 12.1 Å². The van der Waals surface area contributed by atoms with E-state index in [1.807, 2.05) is 32.0 Å². The smallest absolute Gasteiger partial charge is 0.225 e. The van der Waals surface area contributed by atoms with Crippen LogP contribution in [0.1, 0.15) is 56.1 Å². The van der Waals surface area contributed by atoms with Crippen molar-refractivity contribution in [3.05, 3.63) is 67.2 Å². The zero-order valence-electron chi connectivity index (χ0n) is 18.3. The minimum Gasteiger partial charge on any atom is -0.490 e. The van der Waals surface area contributed by atoms with Gasteiger partial charge in [0.15, 0.2) is 17.3 Å². The van der Waals surface area contributed by atoms with Crippen LogP contribution in [0.5, 0.6) is 11.5 Å². The Hall–Kier alpha value is -2.02. The average Bonchev–Trinajstić information content (AvgIpc) is 2.77. The zero-order valence-corrected chi connectivity index (χ0v) is 21.4. The zero-order chi connectivity index (χ0) is 23.7. The Kier molecular flexibility index (Phi) is 7.37. The van der Waals surface area contributed by atoms with Gasteiger partial charge in [0.05, 0.1) is 27.7 Å². The van der Waals surface area contributed by atoms with Crippen LogP contribution in [0, 0.1) is 0 Å². The Morgan fingerprint density at radius 1 is 0.970 bits per heavy atom. The standard InChI is InChI=1S/C25H24BrCl2NO4/c1-3-32-22-11-15(7-17(26)25(22)33-4-2)16-12-23(31)29-20-9-14(10-21(30)24(16)20)13-5-6-18(27)19(28)8-13/h5-8,11,14,16H,3-4,9-10,12H2,1-2H3,(H,29,31). The van der Waals surface area contributed by atoms with Gasteiger partial charge in [0.2, 0.25) is 5.91 Å². The molecule has 0 bridgehead atoms. The van der Waals surface area contributed by atoms with Gasteiger partial charge in [0, 0.05) is 30.0 Å². The number of carbonyl (C=O) groups excluding carboxylic acids is 2. The molecule has 0 saturated heterocycles. The fourth-order valence-corrected chi connectivity index (χ4v) is 5.46. The number of hydrogen-bond donors (Lipinski definition) is 1. The van der Waals surface area contributed by atoms with Gasteiger partial charge in [-0.1, -0.05) is 29.3 Å². The molecule has 33 heavy (non-hydrogen) atoms. The summed E-state index contributed by atoms with van der Waals surface area (Å²) < 4.78 is 12.3. The predicted molar refractivity (Wildman–Crippen MR) is 132 cm³/mol. The van der Waals surface area contributed by atoms with E-state index in [1.165, 1.54) is 0 Å². The molecule has 0 aromatic heterocycles. The van der Waals surface area contributed by atoms with Crippen LogP contribution in [-0.4, -0.2) is 24.9 Å². The third kappa shape index (κ3) is 4.93. The largest absolute Gasteiger partial charge is 0.490 e. The molecular formula is C25H24BrCl2NO4. The van der Waals surface area contributed by atoms with Gasteiger partial charge in [0.25, 0.3) is 0 Å². The lowest BCUT2D eigenvalue weighted by Gasteiger charge is -2.35. The van der Waals surface area contributed by atoms with Gasteiger partial charge in [-0.2, -0.15) is 0 Å². The Labute approximate surface area is 211 Å². The van der Waals surface area contributed by atoms with E-state index in [4.69, 9.17) is 32.7 Å². The minimum absolute atomic E-state index is 0.0280. The first kappa shape index (κ1) is 24.1. The molecule has 2 atom stereocenters. The summed E-state index contributed by atoms with van der Waals surface area (Å²) in [6.07, 6.45) is 1.10. The third-order valence-corrected chi connectivity index (χ3v) is 7.30. The van der Waals surface area contributed by atoms with Crippen LogP contribution in [0.3, 0.4) is 0 Å². The highest BCUT2D eigenvalue weighted by Gasteiger charge is 2.38. The molecule has 8 heteroatoms. The molecule has 1 heterocycles. The topological polar surface area (TPSA) is 64.6 Å². The molecule has 2 aliphatic rings. The van der Waals surface area contributed by atoms with Crippen molar-refractivity contribution in [3.8, 4) is 11.5 Å². The second-order valence-electron chi connectivity index (χ2n) is 8.10. The van der Waals surface area contributed by atoms with Gasteiger partial charge in [0.1, 0.15) is 0 Å². The van der Waals surface area contributed by atoms with Crippen LogP contribution in [0.2, 0.25) is 10.0 Å². The van der Waals surface area contributed by atoms with Gasteiger partial charge in [-0.25, -0.2) is 0 Å². The number of allylic oxidation sites excluding steroid dienone is 2. The maximum atomic E-state index is 13.4. The number of nitrogens with one attached hydrogen (secondary N) is 1. The molecule has 1 aliphatic heterocycles. The van der Waals surface area contributed by atoms with E-state index in [9.17, 15) is 9.59 Å². The highest BCUT2D eigenvalue weighted by Crippen LogP contribution is 2.46. The van der Waals surface area contributed by atoms with Crippen molar-refractivity contribution in [2.24, 2.45) is 0 Å². The molecule has 0 spiro atoms.